The van der Waals surface area contributed by atoms with Crippen molar-refractivity contribution in [3.05, 3.63) is 27.2 Å². The van der Waals surface area contributed by atoms with Crippen LogP contribution in [0.1, 0.15) is 16.8 Å². The smallest absolute Gasteiger partial charge is 0.251 e. The molecule has 6 heteroatoms. The zero-order valence-corrected chi connectivity index (χ0v) is 12.2. The number of ether oxygens (including phenoxy) is 2. The molecule has 2 rings (SSSR count). The topological polar surface area (TPSA) is 47.6 Å². The van der Waals surface area contributed by atoms with Gasteiger partial charge in [0.15, 0.2) is 5.75 Å². The summed E-state index contributed by atoms with van der Waals surface area (Å²) in [5.74, 6) is 0.369. The summed E-state index contributed by atoms with van der Waals surface area (Å²) in [5, 5.41) is 3.31. The van der Waals surface area contributed by atoms with Gasteiger partial charge in [0.2, 0.25) is 0 Å². The summed E-state index contributed by atoms with van der Waals surface area (Å²) >= 11 is 9.36. The molecule has 1 heterocycles. The van der Waals surface area contributed by atoms with Gasteiger partial charge in [-0.1, -0.05) is 11.6 Å². The van der Waals surface area contributed by atoms with Crippen LogP contribution in [0.15, 0.2) is 16.6 Å². The predicted octanol–water partition coefficient (Wildman–Crippen LogP) is 2.63. The molecule has 1 saturated heterocycles. The number of carbonyl (C=O) groups excluding carboxylic acids is 1. The summed E-state index contributed by atoms with van der Waals surface area (Å²) in [6.07, 6.45) is 0.844. The lowest BCUT2D eigenvalue weighted by molar-refractivity contribution is 0.0930. The molecular weight excluding hydrogens is 321 g/mol. The Labute approximate surface area is 119 Å². The van der Waals surface area contributed by atoms with E-state index in [1.807, 2.05) is 0 Å². The second-order valence-electron chi connectivity index (χ2n) is 4.01. The Morgan fingerprint density at radius 1 is 1.61 bits per heavy atom. The fraction of sp³-hybridized carbons (Fsp3) is 0.417. The maximum atomic E-state index is 12.0. The van der Waals surface area contributed by atoms with Crippen molar-refractivity contribution in [1.29, 1.82) is 0 Å². The number of benzene rings is 1. The maximum absolute atomic E-state index is 12.0. The molecule has 1 aliphatic rings. The van der Waals surface area contributed by atoms with Crippen LogP contribution < -0.4 is 10.1 Å². The lowest BCUT2D eigenvalue weighted by Crippen LogP contribution is -2.35. The molecule has 1 unspecified atom stereocenters. The van der Waals surface area contributed by atoms with E-state index in [1.165, 1.54) is 7.11 Å². The fourth-order valence-electron chi connectivity index (χ4n) is 1.80. The number of amides is 1. The molecule has 4 nitrogen and oxygen atoms in total. The van der Waals surface area contributed by atoms with Crippen molar-refractivity contribution in [1.82, 2.24) is 5.32 Å². The van der Waals surface area contributed by atoms with Crippen LogP contribution in [-0.4, -0.2) is 32.3 Å². The van der Waals surface area contributed by atoms with Gasteiger partial charge in [-0.25, -0.2) is 0 Å². The van der Waals surface area contributed by atoms with Gasteiger partial charge < -0.3 is 14.8 Å². The SMILES string of the molecule is COc1c(Cl)cc(C(=O)NC2CCOC2)cc1Br. The van der Waals surface area contributed by atoms with Gasteiger partial charge in [-0.05, 0) is 34.5 Å². The Bertz CT molecular complexity index is 438. The second kappa shape index (κ2) is 5.91. The normalized spacial score (nSPS) is 18.7. The minimum absolute atomic E-state index is 0.0807. The van der Waals surface area contributed by atoms with E-state index < -0.39 is 0 Å². The maximum Gasteiger partial charge on any atom is 0.251 e. The monoisotopic (exact) mass is 333 g/mol. The zero-order valence-electron chi connectivity index (χ0n) is 9.83. The fourth-order valence-corrected chi connectivity index (χ4v) is 2.84. The molecule has 1 aromatic carbocycles. The van der Waals surface area contributed by atoms with Gasteiger partial charge in [-0.2, -0.15) is 0 Å². The highest BCUT2D eigenvalue weighted by molar-refractivity contribution is 9.10. The van der Waals surface area contributed by atoms with Gasteiger partial charge in [0, 0.05) is 12.2 Å². The Morgan fingerprint density at radius 2 is 2.39 bits per heavy atom. The summed E-state index contributed by atoms with van der Waals surface area (Å²) in [4.78, 5) is 12.0. The van der Waals surface area contributed by atoms with Crippen LogP contribution in [0.25, 0.3) is 0 Å². The quantitative estimate of drug-likeness (QED) is 0.924. The first-order chi connectivity index (χ1) is 8.61. The number of nitrogens with one attached hydrogen (secondary N) is 1. The van der Waals surface area contributed by atoms with Gasteiger partial charge in [0.25, 0.3) is 5.91 Å². The molecule has 1 aromatic rings. The number of carbonyl (C=O) groups is 1. The summed E-state index contributed by atoms with van der Waals surface area (Å²) in [5.41, 5.74) is 0.500. The molecule has 1 amide bonds. The summed E-state index contributed by atoms with van der Waals surface area (Å²) in [6, 6.07) is 3.36. The van der Waals surface area contributed by atoms with E-state index in [0.29, 0.717) is 34.0 Å². The molecule has 0 aromatic heterocycles. The number of hydrogen-bond donors (Lipinski definition) is 1. The van der Waals surface area contributed by atoms with Crippen LogP contribution in [0.3, 0.4) is 0 Å². The number of rotatable bonds is 3. The van der Waals surface area contributed by atoms with Crippen molar-refractivity contribution < 1.29 is 14.3 Å². The molecule has 0 aliphatic carbocycles. The Hall–Kier alpha value is -0.780. The van der Waals surface area contributed by atoms with Gasteiger partial charge in [0.1, 0.15) is 0 Å². The van der Waals surface area contributed by atoms with Crippen molar-refractivity contribution in [3.8, 4) is 5.75 Å². The number of halogens is 2. The molecule has 0 radical (unpaired) electrons. The van der Waals surface area contributed by atoms with Crippen LogP contribution in [0.5, 0.6) is 5.75 Å². The minimum Gasteiger partial charge on any atom is -0.494 e. The zero-order chi connectivity index (χ0) is 13.1. The van der Waals surface area contributed by atoms with Crippen LogP contribution >= 0.6 is 27.5 Å². The molecule has 1 aliphatic heterocycles. The van der Waals surface area contributed by atoms with E-state index in [1.54, 1.807) is 12.1 Å². The van der Waals surface area contributed by atoms with Crippen molar-refractivity contribution in [3.63, 3.8) is 0 Å². The predicted molar refractivity (Wildman–Crippen MR) is 72.4 cm³/mol. The van der Waals surface area contributed by atoms with Gasteiger partial charge in [-0.15, -0.1) is 0 Å². The summed E-state index contributed by atoms with van der Waals surface area (Å²) in [6.45, 7) is 1.26. The van der Waals surface area contributed by atoms with Crippen LogP contribution in [0, 0.1) is 0 Å². The van der Waals surface area contributed by atoms with E-state index >= 15 is 0 Å². The van der Waals surface area contributed by atoms with Gasteiger partial charge in [0.05, 0.1) is 29.3 Å². The molecule has 18 heavy (non-hydrogen) atoms. The highest BCUT2D eigenvalue weighted by Crippen LogP contribution is 2.34. The largest absolute Gasteiger partial charge is 0.494 e. The summed E-state index contributed by atoms with van der Waals surface area (Å²) < 4.78 is 11.0. The van der Waals surface area contributed by atoms with Gasteiger partial charge in [-0.3, -0.25) is 4.79 Å². The molecule has 0 bridgehead atoms. The molecule has 1 N–H and O–H groups in total. The first kappa shape index (κ1) is 13.6. The van der Waals surface area contributed by atoms with E-state index in [-0.39, 0.29) is 11.9 Å². The average molecular weight is 335 g/mol. The average Bonchev–Trinajstić information content (AvgIpc) is 2.81. The van der Waals surface area contributed by atoms with E-state index in [4.69, 9.17) is 21.1 Å². The van der Waals surface area contributed by atoms with E-state index in [0.717, 1.165) is 6.42 Å². The first-order valence-corrected chi connectivity index (χ1v) is 6.70. The van der Waals surface area contributed by atoms with Crippen molar-refractivity contribution >= 4 is 33.4 Å². The third-order valence-electron chi connectivity index (χ3n) is 2.73. The third-order valence-corrected chi connectivity index (χ3v) is 3.60. The van der Waals surface area contributed by atoms with Crippen molar-refractivity contribution in [2.24, 2.45) is 0 Å². The first-order valence-electron chi connectivity index (χ1n) is 5.53. The second-order valence-corrected chi connectivity index (χ2v) is 5.27. The van der Waals surface area contributed by atoms with Crippen LogP contribution in [-0.2, 0) is 4.74 Å². The standard InChI is InChI=1S/C12H13BrClNO3/c1-17-11-9(13)4-7(5-10(11)14)12(16)15-8-2-3-18-6-8/h4-5,8H,2-3,6H2,1H3,(H,15,16). The minimum atomic E-state index is -0.157. The third kappa shape index (κ3) is 2.96. The van der Waals surface area contributed by atoms with Crippen LogP contribution in [0.4, 0.5) is 0 Å². The van der Waals surface area contributed by atoms with E-state index in [9.17, 15) is 4.79 Å². The molecule has 1 atom stereocenters. The molecule has 0 saturated carbocycles. The van der Waals surface area contributed by atoms with E-state index in [2.05, 4.69) is 21.2 Å². The number of methoxy groups -OCH3 is 1. The Morgan fingerprint density at radius 3 is 2.94 bits per heavy atom. The number of hydrogen-bond acceptors (Lipinski definition) is 3. The molecular formula is C12H13BrClNO3. The Kier molecular flexibility index (Phi) is 4.48. The van der Waals surface area contributed by atoms with Gasteiger partial charge >= 0.3 is 0 Å². The van der Waals surface area contributed by atoms with Crippen molar-refractivity contribution in [2.75, 3.05) is 20.3 Å². The summed E-state index contributed by atoms with van der Waals surface area (Å²) in [7, 11) is 1.53. The highest BCUT2D eigenvalue weighted by atomic mass is 79.9. The molecule has 98 valence electrons. The highest BCUT2D eigenvalue weighted by Gasteiger charge is 2.20. The Balaban J connectivity index is 2.15. The lowest BCUT2D eigenvalue weighted by atomic mass is 10.1. The lowest BCUT2D eigenvalue weighted by Gasteiger charge is -2.12. The van der Waals surface area contributed by atoms with Crippen LogP contribution in [0.2, 0.25) is 5.02 Å². The van der Waals surface area contributed by atoms with Crippen molar-refractivity contribution in [2.45, 2.75) is 12.5 Å². The molecule has 0 spiro atoms. The molecule has 1 fully saturated rings.